The second-order valence-electron chi connectivity index (χ2n) is 5.67. The number of cyclic esters (lactones) is 1. The second kappa shape index (κ2) is 6.19. The minimum Gasteiger partial charge on any atom is -0.451 e. The number of benzene rings is 1. The maximum Gasteiger partial charge on any atom is 0.508 e. The Kier molecular flexibility index (Phi) is 4.65. The van der Waals surface area contributed by atoms with Crippen molar-refractivity contribution in [2.24, 2.45) is 0 Å². The van der Waals surface area contributed by atoms with Gasteiger partial charge in [0.2, 0.25) is 0 Å². The summed E-state index contributed by atoms with van der Waals surface area (Å²) in [4.78, 5) is 22.6. The Morgan fingerprint density at radius 1 is 1.30 bits per heavy atom. The van der Waals surface area contributed by atoms with Crippen LogP contribution in [0.5, 0.6) is 0 Å². The van der Waals surface area contributed by atoms with E-state index in [9.17, 15) is 18.0 Å². The zero-order chi connectivity index (χ0) is 17.3. The summed E-state index contributed by atoms with van der Waals surface area (Å²) in [5, 5.41) is 0. The molecule has 0 radical (unpaired) electrons. The molecule has 1 aromatic carbocycles. The quantitative estimate of drug-likeness (QED) is 0.753. The molecule has 1 heterocycles. The van der Waals surface area contributed by atoms with Crippen LogP contribution in [0, 0.1) is 0 Å². The van der Waals surface area contributed by atoms with Crippen molar-refractivity contribution in [3.05, 3.63) is 34.9 Å². The van der Waals surface area contributed by atoms with E-state index in [1.165, 1.54) is 6.07 Å². The summed E-state index contributed by atoms with van der Waals surface area (Å²) in [6.07, 6.45) is -0.928. The summed E-state index contributed by atoms with van der Waals surface area (Å²) >= 11 is 0. The van der Waals surface area contributed by atoms with Gasteiger partial charge in [0, 0.05) is 5.56 Å². The normalized spacial score (nSPS) is 15.7. The maximum absolute atomic E-state index is 12.0. The predicted molar refractivity (Wildman–Crippen MR) is 80.7 cm³/mol. The van der Waals surface area contributed by atoms with Crippen LogP contribution in [0.25, 0.3) is 0 Å². The van der Waals surface area contributed by atoms with Crippen LogP contribution in [0.4, 0.5) is 4.79 Å². The molecule has 126 valence electrons. The summed E-state index contributed by atoms with van der Waals surface area (Å²) in [5.41, 5.74) is 0.890. The molecule has 8 heteroatoms. The Morgan fingerprint density at radius 3 is 2.65 bits per heavy atom. The summed E-state index contributed by atoms with van der Waals surface area (Å²) in [6.45, 7) is 3.27. The highest BCUT2D eigenvalue weighted by atomic mass is 32.2. The van der Waals surface area contributed by atoms with Crippen molar-refractivity contribution < 1.29 is 32.2 Å². The van der Waals surface area contributed by atoms with Gasteiger partial charge in [0.25, 0.3) is 0 Å². The third-order valence-electron chi connectivity index (χ3n) is 3.47. The number of hydrogen-bond donors (Lipinski definition) is 0. The number of esters is 1. The van der Waals surface area contributed by atoms with E-state index in [2.05, 4.69) is 9.47 Å². The van der Waals surface area contributed by atoms with E-state index in [-0.39, 0.29) is 18.1 Å². The van der Waals surface area contributed by atoms with Gasteiger partial charge < -0.3 is 14.2 Å². The Morgan fingerprint density at radius 2 is 2.00 bits per heavy atom. The van der Waals surface area contributed by atoms with Gasteiger partial charge in [0.05, 0.1) is 24.2 Å². The summed E-state index contributed by atoms with van der Waals surface area (Å²) < 4.78 is 38.1. The summed E-state index contributed by atoms with van der Waals surface area (Å²) in [6, 6.07) is 4.89. The fourth-order valence-electron chi connectivity index (χ4n) is 2.35. The van der Waals surface area contributed by atoms with Gasteiger partial charge in [-0.1, -0.05) is 12.1 Å². The van der Waals surface area contributed by atoms with Crippen LogP contribution < -0.4 is 0 Å². The molecule has 2 rings (SSSR count). The van der Waals surface area contributed by atoms with Gasteiger partial charge in [-0.15, -0.1) is 0 Å². The second-order valence-corrected chi connectivity index (χ2v) is 7.86. The fourth-order valence-corrected chi connectivity index (χ4v) is 3.52. The van der Waals surface area contributed by atoms with Crippen LogP contribution in [0.2, 0.25) is 0 Å². The maximum atomic E-state index is 12.0. The van der Waals surface area contributed by atoms with Gasteiger partial charge in [0.15, 0.2) is 9.84 Å². The summed E-state index contributed by atoms with van der Waals surface area (Å²) in [5.74, 6) is -1.04. The molecule has 0 saturated heterocycles. The predicted octanol–water partition coefficient (Wildman–Crippen LogP) is 1.79. The molecule has 0 aromatic heterocycles. The molecule has 0 fully saturated rings. The number of ether oxygens (including phenoxy) is 3. The van der Waals surface area contributed by atoms with Crippen LogP contribution >= 0.6 is 0 Å². The van der Waals surface area contributed by atoms with E-state index in [0.29, 0.717) is 11.1 Å². The lowest BCUT2D eigenvalue weighted by Gasteiger charge is -2.17. The Labute approximate surface area is 134 Å². The standard InChI is InChI=1S/C15H18O7S/c1-15(2)12-5-4-10(8-11(12)13(16)22-15)9-23(18,19)7-6-21-14(17)20-3/h4-5,8H,6-7,9H2,1-3H3. The summed E-state index contributed by atoms with van der Waals surface area (Å²) in [7, 11) is -2.35. The smallest absolute Gasteiger partial charge is 0.451 e. The Balaban J connectivity index is 2.08. The highest BCUT2D eigenvalue weighted by Crippen LogP contribution is 2.36. The van der Waals surface area contributed by atoms with Crippen LogP contribution in [-0.4, -0.2) is 40.0 Å². The van der Waals surface area contributed by atoms with Crippen molar-refractivity contribution >= 4 is 22.0 Å². The zero-order valence-electron chi connectivity index (χ0n) is 13.1. The van der Waals surface area contributed by atoms with Gasteiger partial charge in [-0.05, 0) is 25.5 Å². The third-order valence-corrected chi connectivity index (χ3v) is 5.03. The number of rotatable bonds is 5. The first-order valence-corrected chi connectivity index (χ1v) is 8.75. The molecule has 1 aromatic rings. The van der Waals surface area contributed by atoms with E-state index in [4.69, 9.17) is 4.74 Å². The van der Waals surface area contributed by atoms with Gasteiger partial charge in [-0.2, -0.15) is 0 Å². The first-order valence-electron chi connectivity index (χ1n) is 6.92. The minimum absolute atomic E-state index is 0.251. The molecule has 0 bridgehead atoms. The van der Waals surface area contributed by atoms with Crippen LogP contribution in [0.3, 0.4) is 0 Å². The molecule has 0 N–H and O–H groups in total. The van der Waals surface area contributed by atoms with Crippen molar-refractivity contribution in [1.82, 2.24) is 0 Å². The molecule has 0 amide bonds. The topological polar surface area (TPSA) is 96.0 Å². The number of carbonyl (C=O) groups excluding carboxylic acids is 2. The minimum atomic E-state index is -3.49. The van der Waals surface area contributed by atoms with E-state index in [0.717, 1.165) is 12.7 Å². The Bertz CT molecular complexity index is 734. The van der Waals surface area contributed by atoms with E-state index in [1.54, 1.807) is 26.0 Å². The van der Waals surface area contributed by atoms with Crippen molar-refractivity contribution in [3.8, 4) is 0 Å². The molecule has 1 aliphatic heterocycles. The van der Waals surface area contributed by atoms with Crippen LogP contribution in [-0.2, 0) is 35.4 Å². The van der Waals surface area contributed by atoms with E-state index in [1.807, 2.05) is 0 Å². The Hall–Kier alpha value is -2.09. The average molecular weight is 342 g/mol. The number of hydrogen-bond acceptors (Lipinski definition) is 7. The molecule has 1 aliphatic rings. The lowest BCUT2D eigenvalue weighted by molar-refractivity contribution is 0.00952. The van der Waals surface area contributed by atoms with Crippen molar-refractivity contribution in [3.63, 3.8) is 0 Å². The van der Waals surface area contributed by atoms with Gasteiger partial charge >= 0.3 is 12.1 Å². The molecular weight excluding hydrogens is 324 g/mol. The molecular formula is C15H18O7S. The average Bonchev–Trinajstić information content (AvgIpc) is 2.67. The fraction of sp³-hybridized carbons (Fsp3) is 0.467. The van der Waals surface area contributed by atoms with Gasteiger partial charge in [-0.25, -0.2) is 18.0 Å². The number of methoxy groups -OCH3 is 1. The number of sulfone groups is 1. The number of fused-ring (bicyclic) bond motifs is 1. The molecule has 23 heavy (non-hydrogen) atoms. The van der Waals surface area contributed by atoms with Crippen molar-refractivity contribution in [2.75, 3.05) is 19.5 Å². The molecule has 0 atom stereocenters. The first kappa shape index (κ1) is 17.3. The van der Waals surface area contributed by atoms with Crippen molar-refractivity contribution in [1.29, 1.82) is 0 Å². The third kappa shape index (κ3) is 4.01. The highest BCUT2D eigenvalue weighted by molar-refractivity contribution is 7.90. The number of carbonyl (C=O) groups is 2. The molecule has 0 spiro atoms. The lowest BCUT2D eigenvalue weighted by Crippen LogP contribution is -2.17. The van der Waals surface area contributed by atoms with Crippen LogP contribution in [0.15, 0.2) is 18.2 Å². The van der Waals surface area contributed by atoms with Gasteiger partial charge in [-0.3, -0.25) is 0 Å². The molecule has 0 unspecified atom stereocenters. The monoisotopic (exact) mass is 342 g/mol. The molecule has 0 aliphatic carbocycles. The van der Waals surface area contributed by atoms with Crippen molar-refractivity contribution in [2.45, 2.75) is 25.2 Å². The van der Waals surface area contributed by atoms with Gasteiger partial charge in [0.1, 0.15) is 12.2 Å². The van der Waals surface area contributed by atoms with E-state index >= 15 is 0 Å². The van der Waals surface area contributed by atoms with E-state index < -0.39 is 27.6 Å². The molecule has 0 saturated carbocycles. The largest absolute Gasteiger partial charge is 0.508 e. The molecule has 7 nitrogen and oxygen atoms in total. The first-order chi connectivity index (χ1) is 10.6. The SMILES string of the molecule is COC(=O)OCCS(=O)(=O)Cc1ccc2c(c1)C(=O)OC2(C)C. The highest BCUT2D eigenvalue weighted by Gasteiger charge is 2.37. The van der Waals surface area contributed by atoms with Crippen LogP contribution in [0.1, 0.15) is 35.3 Å². The zero-order valence-corrected chi connectivity index (χ0v) is 13.9. The lowest BCUT2D eigenvalue weighted by atomic mass is 9.95.